The fourth-order valence-corrected chi connectivity index (χ4v) is 1.76. The molecule has 14 heavy (non-hydrogen) atoms. The smallest absolute Gasteiger partial charge is 0.309 e. The van der Waals surface area contributed by atoms with E-state index in [0.29, 0.717) is 11.0 Å². The standard InChI is InChI=1S/C11H17ClO2/c1-6(2)8-5-9(14-11(8)13)10(12)7(3)4/h6,8-9H,5H2,1-4H3. The molecule has 0 aromatic carbocycles. The number of cyclic esters (lactones) is 1. The number of hydrogen-bond donors (Lipinski definition) is 0. The van der Waals surface area contributed by atoms with E-state index in [4.69, 9.17) is 16.3 Å². The van der Waals surface area contributed by atoms with Gasteiger partial charge in [-0.15, -0.1) is 0 Å². The van der Waals surface area contributed by atoms with Gasteiger partial charge < -0.3 is 4.74 Å². The molecule has 0 radical (unpaired) electrons. The van der Waals surface area contributed by atoms with Crippen LogP contribution in [0.15, 0.2) is 10.6 Å². The van der Waals surface area contributed by atoms with E-state index in [0.717, 1.165) is 12.0 Å². The summed E-state index contributed by atoms with van der Waals surface area (Å²) in [4.78, 5) is 11.4. The minimum atomic E-state index is -0.207. The number of halogens is 1. The van der Waals surface area contributed by atoms with Crippen molar-refractivity contribution in [3.8, 4) is 0 Å². The highest BCUT2D eigenvalue weighted by Crippen LogP contribution is 2.33. The summed E-state index contributed by atoms with van der Waals surface area (Å²) in [6.45, 7) is 7.92. The average molecular weight is 217 g/mol. The van der Waals surface area contributed by atoms with E-state index in [1.165, 1.54) is 0 Å². The molecule has 0 bridgehead atoms. The van der Waals surface area contributed by atoms with E-state index >= 15 is 0 Å². The molecule has 1 aliphatic heterocycles. The van der Waals surface area contributed by atoms with Gasteiger partial charge in [0.1, 0.15) is 6.10 Å². The van der Waals surface area contributed by atoms with Crippen LogP contribution in [-0.2, 0) is 9.53 Å². The SMILES string of the molecule is CC(C)=C(Cl)C1CC(C(C)C)C(=O)O1. The Hall–Kier alpha value is -0.500. The van der Waals surface area contributed by atoms with Crippen molar-refractivity contribution in [1.29, 1.82) is 0 Å². The summed E-state index contributed by atoms with van der Waals surface area (Å²) >= 11 is 6.06. The van der Waals surface area contributed by atoms with Gasteiger partial charge in [-0.1, -0.05) is 31.0 Å². The average Bonchev–Trinajstić information content (AvgIpc) is 2.45. The molecule has 1 fully saturated rings. The zero-order valence-corrected chi connectivity index (χ0v) is 9.89. The van der Waals surface area contributed by atoms with E-state index in [2.05, 4.69) is 0 Å². The molecule has 0 aromatic rings. The molecule has 0 saturated carbocycles. The van der Waals surface area contributed by atoms with Gasteiger partial charge in [0.2, 0.25) is 0 Å². The summed E-state index contributed by atoms with van der Waals surface area (Å²) in [5, 5.41) is 0.682. The van der Waals surface area contributed by atoms with Crippen LogP contribution in [0.2, 0.25) is 0 Å². The molecule has 2 nitrogen and oxygen atoms in total. The lowest BCUT2D eigenvalue weighted by molar-refractivity contribution is -0.144. The fraction of sp³-hybridized carbons (Fsp3) is 0.727. The van der Waals surface area contributed by atoms with Gasteiger partial charge >= 0.3 is 5.97 Å². The van der Waals surface area contributed by atoms with Gasteiger partial charge in [-0.3, -0.25) is 4.79 Å². The maximum Gasteiger partial charge on any atom is 0.309 e. The van der Waals surface area contributed by atoms with Gasteiger partial charge in [0, 0.05) is 6.42 Å². The van der Waals surface area contributed by atoms with Crippen LogP contribution in [0.3, 0.4) is 0 Å². The number of esters is 1. The predicted octanol–water partition coefficient (Wildman–Crippen LogP) is 3.11. The van der Waals surface area contributed by atoms with Crippen LogP contribution >= 0.6 is 11.6 Å². The number of hydrogen-bond acceptors (Lipinski definition) is 2. The van der Waals surface area contributed by atoms with Crippen LogP contribution in [0.5, 0.6) is 0 Å². The minimum Gasteiger partial charge on any atom is -0.456 e. The zero-order chi connectivity index (χ0) is 10.9. The first-order valence-corrected chi connectivity index (χ1v) is 5.34. The summed E-state index contributed by atoms with van der Waals surface area (Å²) in [6, 6.07) is 0. The van der Waals surface area contributed by atoms with Crippen molar-refractivity contribution < 1.29 is 9.53 Å². The second-order valence-electron chi connectivity index (χ2n) is 4.36. The van der Waals surface area contributed by atoms with Gasteiger partial charge in [0.15, 0.2) is 0 Å². The van der Waals surface area contributed by atoms with Crippen molar-refractivity contribution in [2.75, 3.05) is 0 Å². The lowest BCUT2D eigenvalue weighted by atomic mass is 9.92. The molecule has 0 N–H and O–H groups in total. The highest BCUT2D eigenvalue weighted by Gasteiger charge is 2.37. The highest BCUT2D eigenvalue weighted by atomic mass is 35.5. The van der Waals surface area contributed by atoms with Crippen LogP contribution < -0.4 is 0 Å². The van der Waals surface area contributed by atoms with E-state index in [-0.39, 0.29) is 18.0 Å². The van der Waals surface area contributed by atoms with Crippen LogP contribution in [-0.4, -0.2) is 12.1 Å². The molecule has 1 heterocycles. The second kappa shape index (κ2) is 4.35. The van der Waals surface area contributed by atoms with Gasteiger partial charge in [-0.2, -0.15) is 0 Å². The van der Waals surface area contributed by atoms with Crippen LogP contribution in [0, 0.1) is 11.8 Å². The monoisotopic (exact) mass is 216 g/mol. The third-order valence-electron chi connectivity index (χ3n) is 2.59. The van der Waals surface area contributed by atoms with Crippen molar-refractivity contribution in [2.45, 2.75) is 40.2 Å². The molecule has 0 amide bonds. The molecule has 0 aromatic heterocycles. The van der Waals surface area contributed by atoms with Crippen molar-refractivity contribution >= 4 is 17.6 Å². The van der Waals surface area contributed by atoms with Crippen molar-refractivity contribution in [3.05, 3.63) is 10.6 Å². The van der Waals surface area contributed by atoms with Gasteiger partial charge in [0.05, 0.1) is 11.0 Å². The largest absolute Gasteiger partial charge is 0.456 e. The predicted molar refractivity (Wildman–Crippen MR) is 57.1 cm³/mol. The Morgan fingerprint density at radius 1 is 1.50 bits per heavy atom. The molecule has 1 saturated heterocycles. The Kier molecular flexibility index (Phi) is 3.59. The molecule has 1 rings (SSSR count). The first-order valence-electron chi connectivity index (χ1n) is 4.96. The van der Waals surface area contributed by atoms with Crippen molar-refractivity contribution in [1.82, 2.24) is 0 Å². The topological polar surface area (TPSA) is 26.3 Å². The van der Waals surface area contributed by atoms with E-state index < -0.39 is 0 Å². The maximum absolute atomic E-state index is 11.4. The normalized spacial score (nSPS) is 26.6. The Labute approximate surface area is 90.3 Å². The number of carbonyl (C=O) groups excluding carboxylic acids is 1. The van der Waals surface area contributed by atoms with Crippen LogP contribution in [0.1, 0.15) is 34.1 Å². The van der Waals surface area contributed by atoms with E-state index in [1.807, 2.05) is 27.7 Å². The first-order chi connectivity index (χ1) is 6.43. The number of allylic oxidation sites excluding steroid dienone is 1. The second-order valence-corrected chi connectivity index (χ2v) is 4.77. The Morgan fingerprint density at radius 2 is 2.07 bits per heavy atom. The molecule has 2 atom stereocenters. The summed E-state index contributed by atoms with van der Waals surface area (Å²) in [6.07, 6.45) is 0.516. The van der Waals surface area contributed by atoms with Gasteiger partial charge in [-0.05, 0) is 19.8 Å². The maximum atomic E-state index is 11.4. The summed E-state index contributed by atoms with van der Waals surface area (Å²) in [5.74, 6) is 0.228. The van der Waals surface area contributed by atoms with Gasteiger partial charge in [0.25, 0.3) is 0 Å². The Bertz CT molecular complexity index is 264. The van der Waals surface area contributed by atoms with Crippen LogP contribution in [0.4, 0.5) is 0 Å². The Balaban J connectivity index is 2.73. The zero-order valence-electron chi connectivity index (χ0n) is 9.13. The molecule has 2 unspecified atom stereocenters. The van der Waals surface area contributed by atoms with E-state index in [9.17, 15) is 4.79 Å². The number of carbonyl (C=O) groups is 1. The fourth-order valence-electron chi connectivity index (χ4n) is 1.62. The highest BCUT2D eigenvalue weighted by molar-refractivity contribution is 6.30. The first kappa shape index (κ1) is 11.6. The minimum absolute atomic E-state index is 0.00750. The summed E-state index contributed by atoms with van der Waals surface area (Å²) < 4.78 is 5.23. The third kappa shape index (κ3) is 2.30. The lowest BCUT2D eigenvalue weighted by Gasteiger charge is -2.09. The number of rotatable bonds is 2. The molecule has 3 heteroatoms. The van der Waals surface area contributed by atoms with Crippen LogP contribution in [0.25, 0.3) is 0 Å². The van der Waals surface area contributed by atoms with Crippen molar-refractivity contribution in [2.24, 2.45) is 11.8 Å². The lowest BCUT2D eigenvalue weighted by Crippen LogP contribution is -2.13. The molecule has 0 spiro atoms. The summed E-state index contributed by atoms with van der Waals surface area (Å²) in [5.41, 5.74) is 1.02. The summed E-state index contributed by atoms with van der Waals surface area (Å²) in [7, 11) is 0. The molecule has 1 aliphatic rings. The van der Waals surface area contributed by atoms with Crippen molar-refractivity contribution in [3.63, 3.8) is 0 Å². The Morgan fingerprint density at radius 3 is 2.43 bits per heavy atom. The number of ether oxygens (including phenoxy) is 1. The molecule has 0 aliphatic carbocycles. The van der Waals surface area contributed by atoms with E-state index in [1.54, 1.807) is 0 Å². The molecular weight excluding hydrogens is 200 g/mol. The third-order valence-corrected chi connectivity index (χ3v) is 3.22. The molecule has 80 valence electrons. The van der Waals surface area contributed by atoms with Gasteiger partial charge in [-0.25, -0.2) is 0 Å². The molecular formula is C11H17ClO2. The quantitative estimate of drug-likeness (QED) is 0.663.